The first-order valence-corrected chi connectivity index (χ1v) is 9.61. The maximum Gasteiger partial charge on any atom is 0.269 e. The molecule has 0 aliphatic rings. The van der Waals surface area contributed by atoms with E-state index in [2.05, 4.69) is 5.32 Å². The molecule has 9 heteroatoms. The Hall–Kier alpha value is -2.78. The van der Waals surface area contributed by atoms with Gasteiger partial charge in [0.15, 0.2) is 0 Å². The first-order valence-electron chi connectivity index (χ1n) is 8.17. The number of nitrogens with zero attached hydrogens (tertiary/aromatic N) is 2. The summed E-state index contributed by atoms with van der Waals surface area (Å²) in [4.78, 5) is 22.6. The fraction of sp³-hybridized carbons (Fsp3) is 0.278. The van der Waals surface area contributed by atoms with E-state index in [0.717, 1.165) is 9.87 Å². The second-order valence-electron chi connectivity index (χ2n) is 6.20. The van der Waals surface area contributed by atoms with E-state index in [0.29, 0.717) is 18.5 Å². The molecule has 2 rings (SSSR count). The summed E-state index contributed by atoms with van der Waals surface area (Å²) in [7, 11) is -0.767. The number of carbonyl (C=O) groups is 1. The summed E-state index contributed by atoms with van der Waals surface area (Å²) < 4.78 is 25.8. The Labute approximate surface area is 158 Å². The minimum atomic E-state index is -3.64. The molecular formula is C18H21N3O5S. The number of nitro groups is 1. The minimum absolute atomic E-state index is 0.0112. The van der Waals surface area contributed by atoms with Crippen LogP contribution in [-0.4, -0.2) is 44.2 Å². The standard InChI is InChI=1S/C18H21N3O5S/c1-13-4-7-15(12-17(13)27(25,26)20(2)3)18(22)19-11-10-14-5-8-16(9-6-14)21(23)24/h4-9,12H,10-11H2,1-3H3,(H,19,22). The van der Waals surface area contributed by atoms with Crippen LogP contribution < -0.4 is 5.32 Å². The third-order valence-electron chi connectivity index (χ3n) is 4.06. The maximum absolute atomic E-state index is 12.3. The number of non-ortho nitro benzene ring substituents is 1. The second kappa shape index (κ2) is 8.28. The Bertz CT molecular complexity index is 953. The fourth-order valence-corrected chi connectivity index (χ4v) is 3.57. The summed E-state index contributed by atoms with van der Waals surface area (Å²) in [6.07, 6.45) is 0.498. The molecule has 0 unspecified atom stereocenters. The van der Waals surface area contributed by atoms with Crippen LogP contribution in [0.25, 0.3) is 0 Å². The average Bonchev–Trinajstić information content (AvgIpc) is 2.62. The third-order valence-corrected chi connectivity index (χ3v) is 6.01. The van der Waals surface area contributed by atoms with Gasteiger partial charge in [-0.25, -0.2) is 12.7 Å². The highest BCUT2D eigenvalue weighted by atomic mass is 32.2. The van der Waals surface area contributed by atoms with Crippen LogP contribution >= 0.6 is 0 Å². The third kappa shape index (κ3) is 4.89. The van der Waals surface area contributed by atoms with Gasteiger partial charge in [0.25, 0.3) is 11.6 Å². The van der Waals surface area contributed by atoms with E-state index in [9.17, 15) is 23.3 Å². The Morgan fingerprint density at radius 2 is 1.78 bits per heavy atom. The van der Waals surface area contributed by atoms with Crippen molar-refractivity contribution in [3.8, 4) is 0 Å². The largest absolute Gasteiger partial charge is 0.352 e. The summed E-state index contributed by atoms with van der Waals surface area (Å²) in [5, 5.41) is 13.4. The van der Waals surface area contributed by atoms with Crippen molar-refractivity contribution in [2.75, 3.05) is 20.6 Å². The lowest BCUT2D eigenvalue weighted by molar-refractivity contribution is -0.384. The van der Waals surface area contributed by atoms with Crippen molar-refractivity contribution in [1.82, 2.24) is 9.62 Å². The van der Waals surface area contributed by atoms with Crippen molar-refractivity contribution in [3.05, 3.63) is 69.3 Å². The van der Waals surface area contributed by atoms with Gasteiger partial charge < -0.3 is 5.32 Å². The number of hydrogen-bond donors (Lipinski definition) is 1. The van der Waals surface area contributed by atoms with Crippen molar-refractivity contribution in [1.29, 1.82) is 0 Å². The van der Waals surface area contributed by atoms with Crippen LogP contribution in [0.2, 0.25) is 0 Å². The molecule has 8 nitrogen and oxygen atoms in total. The van der Waals surface area contributed by atoms with Crippen molar-refractivity contribution in [2.45, 2.75) is 18.2 Å². The summed E-state index contributed by atoms with van der Waals surface area (Å²) in [6, 6.07) is 10.6. The molecule has 0 radical (unpaired) electrons. The molecule has 0 spiro atoms. The van der Waals surface area contributed by atoms with Crippen LogP contribution in [0.1, 0.15) is 21.5 Å². The molecule has 2 aromatic carbocycles. The van der Waals surface area contributed by atoms with Crippen molar-refractivity contribution >= 4 is 21.6 Å². The molecular weight excluding hydrogens is 370 g/mol. The van der Waals surface area contributed by atoms with Gasteiger partial charge in [0.1, 0.15) is 0 Å². The lowest BCUT2D eigenvalue weighted by Gasteiger charge is -2.14. The van der Waals surface area contributed by atoms with Gasteiger partial charge >= 0.3 is 0 Å². The molecule has 27 heavy (non-hydrogen) atoms. The van der Waals surface area contributed by atoms with Crippen LogP contribution in [0.3, 0.4) is 0 Å². The first-order chi connectivity index (χ1) is 12.6. The molecule has 1 amide bonds. The number of nitro benzene ring substituents is 1. The Morgan fingerprint density at radius 1 is 1.15 bits per heavy atom. The normalized spacial score (nSPS) is 11.4. The number of amides is 1. The number of nitrogens with one attached hydrogen (secondary N) is 1. The quantitative estimate of drug-likeness (QED) is 0.574. The van der Waals surface area contributed by atoms with E-state index in [1.165, 1.54) is 32.3 Å². The van der Waals surface area contributed by atoms with Crippen LogP contribution in [0, 0.1) is 17.0 Å². The van der Waals surface area contributed by atoms with Crippen molar-refractivity contribution in [2.24, 2.45) is 0 Å². The van der Waals surface area contributed by atoms with Gasteiger partial charge in [-0.1, -0.05) is 18.2 Å². The van der Waals surface area contributed by atoms with E-state index in [1.807, 2.05) is 0 Å². The maximum atomic E-state index is 12.3. The van der Waals surface area contributed by atoms with Crippen LogP contribution in [0.5, 0.6) is 0 Å². The number of benzene rings is 2. The number of aryl methyl sites for hydroxylation is 1. The molecule has 0 aromatic heterocycles. The summed E-state index contributed by atoms with van der Waals surface area (Å²) in [5.74, 6) is -0.382. The van der Waals surface area contributed by atoms with Gasteiger partial charge in [-0.05, 0) is 36.6 Å². The lowest BCUT2D eigenvalue weighted by atomic mass is 10.1. The number of hydrogen-bond acceptors (Lipinski definition) is 5. The summed E-state index contributed by atoms with van der Waals surface area (Å²) in [6.45, 7) is 1.99. The zero-order valence-electron chi connectivity index (χ0n) is 15.3. The topological polar surface area (TPSA) is 110 Å². The van der Waals surface area contributed by atoms with Gasteiger partial charge in [-0.3, -0.25) is 14.9 Å². The number of carbonyl (C=O) groups excluding carboxylic acids is 1. The van der Waals surface area contributed by atoms with E-state index in [-0.39, 0.29) is 22.1 Å². The highest BCUT2D eigenvalue weighted by Gasteiger charge is 2.21. The minimum Gasteiger partial charge on any atom is -0.352 e. The van der Waals surface area contributed by atoms with E-state index >= 15 is 0 Å². The Morgan fingerprint density at radius 3 is 2.33 bits per heavy atom. The molecule has 0 atom stereocenters. The fourth-order valence-electron chi connectivity index (χ4n) is 2.42. The molecule has 0 bridgehead atoms. The lowest BCUT2D eigenvalue weighted by Crippen LogP contribution is -2.27. The Balaban J connectivity index is 2.05. The molecule has 0 heterocycles. The summed E-state index contributed by atoms with van der Waals surface area (Å²) in [5.41, 5.74) is 1.67. The molecule has 0 aliphatic carbocycles. The van der Waals surface area contributed by atoms with Crippen LogP contribution in [0.15, 0.2) is 47.4 Å². The van der Waals surface area contributed by atoms with Crippen molar-refractivity contribution in [3.63, 3.8) is 0 Å². The zero-order chi connectivity index (χ0) is 20.2. The predicted molar refractivity (Wildman–Crippen MR) is 101 cm³/mol. The van der Waals surface area contributed by atoms with E-state index in [4.69, 9.17) is 0 Å². The van der Waals surface area contributed by atoms with Crippen molar-refractivity contribution < 1.29 is 18.1 Å². The molecule has 2 aromatic rings. The zero-order valence-corrected chi connectivity index (χ0v) is 16.1. The second-order valence-corrected chi connectivity index (χ2v) is 8.32. The highest BCUT2D eigenvalue weighted by molar-refractivity contribution is 7.89. The highest BCUT2D eigenvalue weighted by Crippen LogP contribution is 2.20. The Kier molecular flexibility index (Phi) is 6.29. The van der Waals surface area contributed by atoms with Gasteiger partial charge in [0, 0.05) is 38.3 Å². The SMILES string of the molecule is Cc1ccc(C(=O)NCCc2ccc([N+](=O)[O-])cc2)cc1S(=O)(=O)N(C)C. The van der Waals surface area contributed by atoms with Gasteiger partial charge in [-0.15, -0.1) is 0 Å². The molecule has 0 saturated heterocycles. The van der Waals surface area contributed by atoms with Crippen LogP contribution in [-0.2, 0) is 16.4 Å². The van der Waals surface area contributed by atoms with Crippen LogP contribution in [0.4, 0.5) is 5.69 Å². The predicted octanol–water partition coefficient (Wildman–Crippen LogP) is 2.13. The number of sulfonamides is 1. The van der Waals surface area contributed by atoms with Gasteiger partial charge in [-0.2, -0.15) is 0 Å². The van der Waals surface area contributed by atoms with Gasteiger partial charge in [0.2, 0.25) is 10.0 Å². The molecule has 1 N–H and O–H groups in total. The molecule has 0 saturated carbocycles. The monoisotopic (exact) mass is 391 g/mol. The average molecular weight is 391 g/mol. The van der Waals surface area contributed by atoms with E-state index in [1.54, 1.807) is 31.2 Å². The van der Waals surface area contributed by atoms with E-state index < -0.39 is 14.9 Å². The van der Waals surface area contributed by atoms with Gasteiger partial charge in [0.05, 0.1) is 9.82 Å². The molecule has 0 fully saturated rings. The first kappa shape index (κ1) is 20.5. The molecule has 144 valence electrons. The molecule has 0 aliphatic heterocycles. The number of rotatable bonds is 7. The summed E-state index contributed by atoms with van der Waals surface area (Å²) >= 11 is 0. The smallest absolute Gasteiger partial charge is 0.269 e.